The van der Waals surface area contributed by atoms with Gasteiger partial charge in [-0.3, -0.25) is 4.79 Å². The molecule has 38 heavy (non-hydrogen) atoms. The lowest BCUT2D eigenvalue weighted by molar-refractivity contribution is -0.161. The number of hydrogen-bond donors (Lipinski definition) is 1. The monoisotopic (exact) mass is 537 g/mol. The highest BCUT2D eigenvalue weighted by atomic mass is 35.5. The van der Waals surface area contributed by atoms with E-state index >= 15 is 0 Å². The molecule has 1 aliphatic carbocycles. The number of halogens is 1. The van der Waals surface area contributed by atoms with Crippen LogP contribution in [0.15, 0.2) is 51.7 Å². The third-order valence-electron chi connectivity index (χ3n) is 8.43. The summed E-state index contributed by atoms with van der Waals surface area (Å²) in [7, 11) is 0. The molecule has 1 N–H and O–H groups in total. The van der Waals surface area contributed by atoms with Gasteiger partial charge in [-0.2, -0.15) is 0 Å². The zero-order valence-corrected chi connectivity index (χ0v) is 23.1. The van der Waals surface area contributed by atoms with E-state index in [1.54, 1.807) is 13.0 Å². The third kappa shape index (κ3) is 4.96. The first kappa shape index (κ1) is 26.8. The van der Waals surface area contributed by atoms with E-state index in [0.717, 1.165) is 55.0 Å². The Balaban J connectivity index is 1.45. The van der Waals surface area contributed by atoms with Crippen LogP contribution in [0.5, 0.6) is 5.75 Å². The van der Waals surface area contributed by atoms with E-state index in [1.165, 1.54) is 0 Å². The van der Waals surface area contributed by atoms with Gasteiger partial charge in [0.15, 0.2) is 6.10 Å². The Bertz CT molecular complexity index is 1380. The van der Waals surface area contributed by atoms with Crippen molar-refractivity contribution in [3.05, 3.63) is 74.6 Å². The number of rotatable bonds is 6. The minimum atomic E-state index is -0.772. The Morgan fingerprint density at radius 3 is 2.71 bits per heavy atom. The van der Waals surface area contributed by atoms with Crippen LogP contribution >= 0.6 is 11.6 Å². The van der Waals surface area contributed by atoms with Gasteiger partial charge in [0.25, 0.3) is 5.91 Å². The lowest BCUT2D eigenvalue weighted by Gasteiger charge is -2.53. The van der Waals surface area contributed by atoms with Crippen molar-refractivity contribution in [3.8, 4) is 5.75 Å². The Hall–Kier alpha value is -2.83. The maximum Gasteiger partial charge on any atom is 0.336 e. The van der Waals surface area contributed by atoms with Crippen molar-refractivity contribution in [1.29, 1.82) is 0 Å². The Labute approximate surface area is 228 Å². The van der Waals surface area contributed by atoms with E-state index in [9.17, 15) is 14.7 Å². The molecule has 0 unspecified atom stereocenters. The summed E-state index contributed by atoms with van der Waals surface area (Å²) in [5, 5.41) is 13.1. The molecule has 2 fully saturated rings. The Kier molecular flexibility index (Phi) is 7.56. The van der Waals surface area contributed by atoms with Crippen molar-refractivity contribution in [2.45, 2.75) is 83.5 Å². The van der Waals surface area contributed by atoms with Gasteiger partial charge in [-0.25, -0.2) is 4.79 Å². The van der Waals surface area contributed by atoms with Gasteiger partial charge in [0, 0.05) is 34.5 Å². The maximum atomic E-state index is 13.9. The van der Waals surface area contributed by atoms with E-state index < -0.39 is 11.7 Å². The third-order valence-corrected chi connectivity index (χ3v) is 8.68. The van der Waals surface area contributed by atoms with Gasteiger partial charge in [0.2, 0.25) is 0 Å². The second-order valence-electron chi connectivity index (χ2n) is 10.9. The molecule has 1 saturated heterocycles. The first-order chi connectivity index (χ1) is 18.2. The SMILES string of the molecule is CCCc1cc(=O)oc2c(C)c(O[C@H](C)C(=O)N3CC[C@]4(O)CCCC[C@H]4[C@@H]3c3ccc(Cl)cc3)ccc12. The Morgan fingerprint density at radius 1 is 1.21 bits per heavy atom. The fraction of sp³-hybridized carbons (Fsp3) is 0.484. The molecular formula is C31H36ClNO5. The number of hydrogen-bond acceptors (Lipinski definition) is 5. The predicted molar refractivity (Wildman–Crippen MR) is 149 cm³/mol. The van der Waals surface area contributed by atoms with Crippen molar-refractivity contribution in [3.63, 3.8) is 0 Å². The molecule has 202 valence electrons. The summed E-state index contributed by atoms with van der Waals surface area (Å²) >= 11 is 6.17. The molecule has 1 aliphatic heterocycles. The van der Waals surface area contributed by atoms with E-state index in [-0.39, 0.29) is 23.5 Å². The van der Waals surface area contributed by atoms with Gasteiger partial charge in [0.1, 0.15) is 11.3 Å². The molecule has 2 heterocycles. The summed E-state index contributed by atoms with van der Waals surface area (Å²) in [5.74, 6) is 0.346. The highest BCUT2D eigenvalue weighted by molar-refractivity contribution is 6.30. The minimum Gasteiger partial charge on any atom is -0.480 e. The van der Waals surface area contributed by atoms with Gasteiger partial charge in [-0.05, 0) is 74.9 Å². The molecule has 5 rings (SSSR count). The van der Waals surface area contributed by atoms with Crippen LogP contribution in [-0.2, 0) is 11.2 Å². The smallest absolute Gasteiger partial charge is 0.336 e. The summed E-state index contributed by atoms with van der Waals surface area (Å²) in [5.41, 5.74) is 1.98. The minimum absolute atomic E-state index is 0.0454. The van der Waals surface area contributed by atoms with E-state index in [1.807, 2.05) is 48.2 Å². The second kappa shape index (κ2) is 10.7. The summed E-state index contributed by atoms with van der Waals surface area (Å²) in [6.07, 6.45) is 5.16. The number of ether oxygens (including phenoxy) is 1. The number of amides is 1. The van der Waals surface area contributed by atoms with Crippen LogP contribution in [0.4, 0.5) is 0 Å². The van der Waals surface area contributed by atoms with Crippen molar-refractivity contribution in [2.24, 2.45) is 5.92 Å². The highest BCUT2D eigenvalue weighted by Crippen LogP contribution is 2.49. The van der Waals surface area contributed by atoms with Crippen LogP contribution < -0.4 is 10.4 Å². The molecule has 0 spiro atoms. The number of fused-ring (bicyclic) bond motifs is 2. The van der Waals surface area contributed by atoms with Crippen LogP contribution in [0, 0.1) is 12.8 Å². The van der Waals surface area contributed by atoms with Gasteiger partial charge >= 0.3 is 5.63 Å². The van der Waals surface area contributed by atoms with Gasteiger partial charge in [-0.1, -0.05) is 49.9 Å². The van der Waals surface area contributed by atoms with Crippen LogP contribution in [0.25, 0.3) is 11.0 Å². The zero-order chi connectivity index (χ0) is 27.0. The molecule has 7 heteroatoms. The Morgan fingerprint density at radius 2 is 1.97 bits per heavy atom. The lowest BCUT2D eigenvalue weighted by atomic mass is 9.66. The molecule has 3 aromatic rings. The van der Waals surface area contributed by atoms with Crippen molar-refractivity contribution >= 4 is 28.5 Å². The molecule has 0 bridgehead atoms. The average Bonchev–Trinajstić information content (AvgIpc) is 2.90. The second-order valence-corrected chi connectivity index (χ2v) is 11.3. The number of likely N-dealkylation sites (tertiary alicyclic amines) is 1. The first-order valence-electron chi connectivity index (χ1n) is 13.7. The highest BCUT2D eigenvalue weighted by Gasteiger charge is 2.50. The standard InChI is InChI=1S/C31H36ClNO5/c1-4-7-22-18-27(34)38-29-19(2)26(14-13-24(22)29)37-20(3)30(35)33-17-16-31(36)15-6-5-8-25(31)28(33)21-9-11-23(32)12-10-21/h9-14,18,20,25,28,36H,4-8,15-17H2,1-3H3/t20-,25+,28+,31-/m1/s1. The number of nitrogens with zero attached hydrogens (tertiary/aromatic N) is 1. The molecule has 1 aromatic heterocycles. The lowest BCUT2D eigenvalue weighted by Crippen LogP contribution is -2.58. The molecule has 6 nitrogen and oxygen atoms in total. The number of aryl methyl sites for hydroxylation is 2. The summed E-state index contributed by atoms with van der Waals surface area (Å²) < 4.78 is 11.8. The number of carbonyl (C=O) groups is 1. The summed E-state index contributed by atoms with van der Waals surface area (Å²) in [6.45, 7) is 6.15. The van der Waals surface area contributed by atoms with Crippen LogP contribution in [0.2, 0.25) is 5.02 Å². The average molecular weight is 538 g/mol. The normalized spacial score (nSPS) is 24.2. The van der Waals surface area contributed by atoms with Gasteiger partial charge in [0.05, 0.1) is 11.6 Å². The summed E-state index contributed by atoms with van der Waals surface area (Å²) in [4.78, 5) is 28.0. The number of piperidine rings is 1. The molecule has 2 aliphatic rings. The topological polar surface area (TPSA) is 80.0 Å². The maximum absolute atomic E-state index is 13.9. The molecule has 1 saturated carbocycles. The van der Waals surface area contributed by atoms with Crippen LogP contribution in [-0.4, -0.2) is 34.2 Å². The summed E-state index contributed by atoms with van der Waals surface area (Å²) in [6, 6.07) is 12.7. The fourth-order valence-corrected chi connectivity index (χ4v) is 6.61. The number of benzene rings is 2. The van der Waals surface area contributed by atoms with Crippen molar-refractivity contribution in [1.82, 2.24) is 4.90 Å². The largest absolute Gasteiger partial charge is 0.480 e. The van der Waals surface area contributed by atoms with Crippen LogP contribution in [0.1, 0.15) is 75.1 Å². The first-order valence-corrected chi connectivity index (χ1v) is 14.1. The van der Waals surface area contributed by atoms with Crippen molar-refractivity contribution in [2.75, 3.05) is 6.54 Å². The predicted octanol–water partition coefficient (Wildman–Crippen LogP) is 6.37. The van der Waals surface area contributed by atoms with Gasteiger partial charge < -0.3 is 19.2 Å². The quantitative estimate of drug-likeness (QED) is 0.369. The van der Waals surface area contributed by atoms with Crippen molar-refractivity contribution < 1.29 is 19.1 Å². The molecule has 0 radical (unpaired) electrons. The van der Waals surface area contributed by atoms with Gasteiger partial charge in [-0.15, -0.1) is 0 Å². The van der Waals surface area contributed by atoms with E-state index in [2.05, 4.69) is 6.92 Å². The molecule has 2 aromatic carbocycles. The van der Waals surface area contributed by atoms with E-state index in [4.69, 9.17) is 20.8 Å². The van der Waals surface area contributed by atoms with Crippen LogP contribution in [0.3, 0.4) is 0 Å². The zero-order valence-electron chi connectivity index (χ0n) is 22.3. The number of aliphatic hydroxyl groups is 1. The molecule has 4 atom stereocenters. The van der Waals surface area contributed by atoms with E-state index in [0.29, 0.717) is 34.9 Å². The molecular weight excluding hydrogens is 502 g/mol. The number of carbonyl (C=O) groups excluding carboxylic acids is 1. The molecule has 1 amide bonds. The fourth-order valence-electron chi connectivity index (χ4n) is 6.49.